The van der Waals surface area contributed by atoms with E-state index in [1.165, 1.54) is 0 Å². The number of H-pyrrole nitrogens is 1. The van der Waals surface area contributed by atoms with Gasteiger partial charge in [-0.15, -0.1) is 0 Å². The third-order valence-electron chi connectivity index (χ3n) is 2.95. The largest absolute Gasteiger partial charge is 0.495 e. The number of hydrogen-bond acceptors (Lipinski definition) is 3. The Balaban J connectivity index is 2.25. The van der Waals surface area contributed by atoms with Crippen LogP contribution in [-0.4, -0.2) is 22.1 Å². The number of aromatic nitrogens is 3. The minimum absolute atomic E-state index is 0.768. The van der Waals surface area contributed by atoms with Crippen molar-refractivity contribution in [2.75, 3.05) is 7.11 Å². The highest BCUT2D eigenvalue weighted by molar-refractivity contribution is 5.97. The second-order valence-electron chi connectivity index (χ2n) is 4.07. The zero-order valence-electron chi connectivity index (χ0n) is 10.3. The molecule has 2 heterocycles. The molecule has 0 aliphatic heterocycles. The van der Waals surface area contributed by atoms with Gasteiger partial charge in [-0.3, -0.25) is 0 Å². The number of ether oxygens (including phenoxy) is 1. The number of methoxy groups -OCH3 is 1. The van der Waals surface area contributed by atoms with Crippen molar-refractivity contribution in [2.45, 2.75) is 6.92 Å². The summed E-state index contributed by atoms with van der Waals surface area (Å²) in [6.07, 6.45) is 3.73. The Bertz CT molecular complexity index is 703. The standard InChI is InChI=1S/C14H13N3O/c1-9-15-7-6-12(17-9)11-8-16-14-10(11)4-3-5-13(14)18-2/h3-8,16H,1-2H3. The predicted molar refractivity (Wildman–Crippen MR) is 70.6 cm³/mol. The van der Waals surface area contributed by atoms with Gasteiger partial charge >= 0.3 is 0 Å². The lowest BCUT2D eigenvalue weighted by Gasteiger charge is -2.02. The van der Waals surface area contributed by atoms with Gasteiger partial charge in [-0.25, -0.2) is 9.97 Å². The highest BCUT2D eigenvalue weighted by Crippen LogP contribution is 2.32. The van der Waals surface area contributed by atoms with Crippen molar-refractivity contribution < 1.29 is 4.74 Å². The fourth-order valence-electron chi connectivity index (χ4n) is 2.11. The van der Waals surface area contributed by atoms with E-state index in [0.29, 0.717) is 0 Å². The summed E-state index contributed by atoms with van der Waals surface area (Å²) >= 11 is 0. The second kappa shape index (κ2) is 4.14. The van der Waals surface area contributed by atoms with Crippen molar-refractivity contribution in [3.05, 3.63) is 42.5 Å². The molecule has 0 unspecified atom stereocenters. The lowest BCUT2D eigenvalue weighted by Crippen LogP contribution is -1.89. The van der Waals surface area contributed by atoms with Gasteiger partial charge in [0.25, 0.3) is 0 Å². The molecule has 3 rings (SSSR count). The number of aryl methyl sites for hydroxylation is 1. The molecule has 0 amide bonds. The molecule has 90 valence electrons. The SMILES string of the molecule is COc1cccc2c(-c3ccnc(C)n3)c[nH]c12. The molecule has 0 saturated heterocycles. The fraction of sp³-hybridized carbons (Fsp3) is 0.143. The third kappa shape index (κ3) is 1.62. The van der Waals surface area contributed by atoms with Crippen molar-refractivity contribution >= 4 is 10.9 Å². The highest BCUT2D eigenvalue weighted by Gasteiger charge is 2.10. The van der Waals surface area contributed by atoms with Crippen LogP contribution in [0, 0.1) is 6.92 Å². The molecule has 1 N–H and O–H groups in total. The molecule has 0 saturated carbocycles. The highest BCUT2D eigenvalue weighted by atomic mass is 16.5. The number of nitrogens with one attached hydrogen (secondary N) is 1. The maximum atomic E-state index is 5.34. The summed E-state index contributed by atoms with van der Waals surface area (Å²) in [6.45, 7) is 1.89. The third-order valence-corrected chi connectivity index (χ3v) is 2.95. The number of fused-ring (bicyclic) bond motifs is 1. The Morgan fingerprint density at radius 2 is 2.11 bits per heavy atom. The zero-order valence-corrected chi connectivity index (χ0v) is 10.3. The summed E-state index contributed by atoms with van der Waals surface area (Å²) in [5, 5.41) is 1.10. The van der Waals surface area contributed by atoms with Gasteiger partial charge in [0.2, 0.25) is 0 Å². The first kappa shape index (κ1) is 10.8. The minimum atomic E-state index is 0.768. The minimum Gasteiger partial charge on any atom is -0.495 e. The first-order chi connectivity index (χ1) is 8.79. The topological polar surface area (TPSA) is 50.8 Å². The summed E-state index contributed by atoms with van der Waals surface area (Å²) in [7, 11) is 1.67. The molecule has 0 atom stereocenters. The maximum Gasteiger partial charge on any atom is 0.142 e. The quantitative estimate of drug-likeness (QED) is 0.748. The van der Waals surface area contributed by atoms with E-state index in [1.54, 1.807) is 13.3 Å². The smallest absolute Gasteiger partial charge is 0.142 e. The Kier molecular flexibility index (Phi) is 2.48. The Hall–Kier alpha value is -2.36. The molecule has 4 heteroatoms. The Morgan fingerprint density at radius 1 is 1.22 bits per heavy atom. The molecule has 0 aliphatic rings. The van der Waals surface area contributed by atoms with Crippen molar-refractivity contribution in [2.24, 2.45) is 0 Å². The molecule has 0 bridgehead atoms. The van der Waals surface area contributed by atoms with E-state index < -0.39 is 0 Å². The van der Waals surface area contributed by atoms with Crippen molar-refractivity contribution in [1.29, 1.82) is 0 Å². The van der Waals surface area contributed by atoms with Crippen molar-refractivity contribution in [3.8, 4) is 17.0 Å². The van der Waals surface area contributed by atoms with E-state index in [2.05, 4.69) is 21.0 Å². The Labute approximate surface area is 105 Å². The normalized spacial score (nSPS) is 10.8. The van der Waals surface area contributed by atoms with Crippen LogP contribution < -0.4 is 4.74 Å². The van der Waals surface area contributed by atoms with Crippen LogP contribution in [0.3, 0.4) is 0 Å². The first-order valence-electron chi connectivity index (χ1n) is 5.73. The first-order valence-corrected chi connectivity index (χ1v) is 5.73. The summed E-state index contributed by atoms with van der Waals surface area (Å²) in [5.41, 5.74) is 2.97. The van der Waals surface area contributed by atoms with Crippen LogP contribution in [0.2, 0.25) is 0 Å². The van der Waals surface area contributed by atoms with Crippen molar-refractivity contribution in [1.82, 2.24) is 15.0 Å². The van der Waals surface area contributed by atoms with E-state index in [1.807, 2.05) is 31.3 Å². The van der Waals surface area contributed by atoms with Gasteiger partial charge in [0.15, 0.2) is 0 Å². The number of nitrogens with zero attached hydrogens (tertiary/aromatic N) is 2. The van der Waals surface area contributed by atoms with Gasteiger partial charge in [-0.05, 0) is 19.1 Å². The van der Waals surface area contributed by atoms with E-state index >= 15 is 0 Å². The van der Waals surface area contributed by atoms with Crippen LogP contribution >= 0.6 is 0 Å². The molecule has 3 aromatic rings. The zero-order chi connectivity index (χ0) is 12.5. The maximum absolute atomic E-state index is 5.34. The molecule has 0 spiro atoms. The summed E-state index contributed by atoms with van der Waals surface area (Å²) < 4.78 is 5.34. The molecular formula is C14H13N3O. The van der Waals surface area contributed by atoms with E-state index in [9.17, 15) is 0 Å². The summed E-state index contributed by atoms with van der Waals surface area (Å²) in [6, 6.07) is 7.89. The van der Waals surface area contributed by atoms with Crippen LogP contribution in [-0.2, 0) is 0 Å². The van der Waals surface area contributed by atoms with E-state index in [4.69, 9.17) is 4.74 Å². The van der Waals surface area contributed by atoms with Crippen LogP contribution in [0.4, 0.5) is 0 Å². The molecule has 2 aromatic heterocycles. The molecule has 0 fully saturated rings. The van der Waals surface area contributed by atoms with Crippen LogP contribution in [0.15, 0.2) is 36.7 Å². The van der Waals surface area contributed by atoms with Crippen LogP contribution in [0.25, 0.3) is 22.2 Å². The average Bonchev–Trinajstić information content (AvgIpc) is 2.82. The lowest BCUT2D eigenvalue weighted by atomic mass is 10.1. The van der Waals surface area contributed by atoms with Crippen LogP contribution in [0.1, 0.15) is 5.82 Å². The number of para-hydroxylation sites is 1. The van der Waals surface area contributed by atoms with E-state index in [-0.39, 0.29) is 0 Å². The fourth-order valence-corrected chi connectivity index (χ4v) is 2.11. The Morgan fingerprint density at radius 3 is 2.89 bits per heavy atom. The molecule has 0 aliphatic carbocycles. The summed E-state index contributed by atoms with van der Waals surface area (Å²) in [4.78, 5) is 11.8. The number of benzene rings is 1. The van der Waals surface area contributed by atoms with Crippen molar-refractivity contribution in [3.63, 3.8) is 0 Å². The van der Waals surface area contributed by atoms with Gasteiger partial charge in [0.05, 0.1) is 18.3 Å². The predicted octanol–water partition coefficient (Wildman–Crippen LogP) is 2.94. The summed E-state index contributed by atoms with van der Waals surface area (Å²) in [5.74, 6) is 1.61. The molecule has 4 nitrogen and oxygen atoms in total. The van der Waals surface area contributed by atoms with Gasteiger partial charge < -0.3 is 9.72 Å². The molecular weight excluding hydrogens is 226 g/mol. The molecule has 1 aromatic carbocycles. The van der Waals surface area contributed by atoms with Gasteiger partial charge in [-0.2, -0.15) is 0 Å². The number of hydrogen-bond donors (Lipinski definition) is 1. The van der Waals surface area contributed by atoms with Gasteiger partial charge in [0.1, 0.15) is 11.6 Å². The number of rotatable bonds is 2. The monoisotopic (exact) mass is 239 g/mol. The van der Waals surface area contributed by atoms with Crippen LogP contribution in [0.5, 0.6) is 5.75 Å². The van der Waals surface area contributed by atoms with Gasteiger partial charge in [0, 0.05) is 23.3 Å². The van der Waals surface area contributed by atoms with Gasteiger partial charge in [-0.1, -0.05) is 12.1 Å². The molecule has 0 radical (unpaired) electrons. The number of aromatic amines is 1. The molecule has 18 heavy (non-hydrogen) atoms. The van der Waals surface area contributed by atoms with E-state index in [0.717, 1.165) is 33.7 Å². The average molecular weight is 239 g/mol. The second-order valence-corrected chi connectivity index (χ2v) is 4.07. The lowest BCUT2D eigenvalue weighted by molar-refractivity contribution is 0.419.